The minimum Gasteiger partial charge on any atom is -0.433 e. The Morgan fingerprint density at radius 3 is 2.66 bits per heavy atom. The van der Waals surface area contributed by atoms with E-state index in [2.05, 4.69) is 35.0 Å². The van der Waals surface area contributed by atoms with Gasteiger partial charge < -0.3 is 10.1 Å². The van der Waals surface area contributed by atoms with Crippen LogP contribution in [0.5, 0.6) is 5.75 Å². The number of para-hydroxylation sites is 3. The van der Waals surface area contributed by atoms with Crippen LogP contribution in [0.1, 0.15) is 25.3 Å². The molecule has 1 heterocycles. The van der Waals surface area contributed by atoms with Crippen LogP contribution in [0.2, 0.25) is 0 Å². The van der Waals surface area contributed by atoms with E-state index < -0.39 is 6.61 Å². The summed E-state index contributed by atoms with van der Waals surface area (Å²) in [7, 11) is 0. The van der Waals surface area contributed by atoms with Gasteiger partial charge in [0.15, 0.2) is 5.16 Å². The van der Waals surface area contributed by atoms with Crippen LogP contribution >= 0.6 is 11.8 Å². The number of amides is 1. The van der Waals surface area contributed by atoms with E-state index in [1.807, 2.05) is 29.0 Å². The number of aromatic nitrogens is 2. The number of ether oxygens (including phenoxy) is 1. The Morgan fingerprint density at radius 2 is 1.90 bits per heavy atom. The van der Waals surface area contributed by atoms with Crippen molar-refractivity contribution in [1.29, 1.82) is 0 Å². The first kappa shape index (κ1) is 20.9. The number of nitrogens with one attached hydrogen (secondary N) is 1. The summed E-state index contributed by atoms with van der Waals surface area (Å²) in [4.78, 5) is 16.7. The summed E-state index contributed by atoms with van der Waals surface area (Å²) in [6.45, 7) is 1.28. The topological polar surface area (TPSA) is 56.2 Å². The summed E-state index contributed by atoms with van der Waals surface area (Å²) in [5.41, 5.74) is 2.39. The van der Waals surface area contributed by atoms with Gasteiger partial charge in [-0.05, 0) is 29.7 Å². The number of carbonyl (C=O) groups is 1. The summed E-state index contributed by atoms with van der Waals surface area (Å²) in [5.74, 6) is -0.00884. The molecule has 0 spiro atoms. The maximum Gasteiger partial charge on any atom is 0.387 e. The van der Waals surface area contributed by atoms with Crippen molar-refractivity contribution in [3.63, 3.8) is 0 Å². The predicted octanol–water partition coefficient (Wildman–Crippen LogP) is 5.33. The number of alkyl halides is 2. The van der Waals surface area contributed by atoms with Gasteiger partial charge in [-0.1, -0.05) is 55.9 Å². The lowest BCUT2D eigenvalue weighted by atomic mass is 10.0. The van der Waals surface area contributed by atoms with Crippen LogP contribution in [0.25, 0.3) is 5.69 Å². The number of halogens is 2. The Labute approximate surface area is 172 Å². The second-order valence-electron chi connectivity index (χ2n) is 6.50. The number of carbonyl (C=O) groups excluding carboxylic acids is 1. The van der Waals surface area contributed by atoms with Gasteiger partial charge >= 0.3 is 6.61 Å². The van der Waals surface area contributed by atoms with Crippen molar-refractivity contribution in [3.8, 4) is 11.4 Å². The smallest absolute Gasteiger partial charge is 0.387 e. The van der Waals surface area contributed by atoms with Crippen LogP contribution in [0.3, 0.4) is 0 Å². The van der Waals surface area contributed by atoms with Crippen LogP contribution in [0, 0.1) is 0 Å². The van der Waals surface area contributed by atoms with Gasteiger partial charge in [-0.3, -0.25) is 9.36 Å². The third-order valence-corrected chi connectivity index (χ3v) is 5.10. The number of hydrogen-bond acceptors (Lipinski definition) is 4. The van der Waals surface area contributed by atoms with Crippen molar-refractivity contribution in [2.45, 2.75) is 31.5 Å². The van der Waals surface area contributed by atoms with E-state index in [0.717, 1.165) is 5.69 Å². The van der Waals surface area contributed by atoms with Crippen LogP contribution in [-0.4, -0.2) is 27.8 Å². The van der Waals surface area contributed by atoms with Crippen molar-refractivity contribution in [2.24, 2.45) is 0 Å². The summed E-state index contributed by atoms with van der Waals surface area (Å²) in [5, 5.41) is 3.28. The van der Waals surface area contributed by atoms with Crippen molar-refractivity contribution >= 4 is 23.4 Å². The maximum absolute atomic E-state index is 12.5. The molecule has 0 fully saturated rings. The number of imidazole rings is 1. The van der Waals surface area contributed by atoms with Crippen molar-refractivity contribution < 1.29 is 18.3 Å². The van der Waals surface area contributed by atoms with Gasteiger partial charge in [-0.15, -0.1) is 0 Å². The highest BCUT2D eigenvalue weighted by Crippen LogP contribution is 2.28. The summed E-state index contributed by atoms with van der Waals surface area (Å²) in [6, 6.07) is 14.1. The van der Waals surface area contributed by atoms with E-state index >= 15 is 0 Å². The molecule has 0 saturated carbocycles. The number of hydrogen-bond donors (Lipinski definition) is 1. The molecule has 29 heavy (non-hydrogen) atoms. The molecule has 152 valence electrons. The van der Waals surface area contributed by atoms with Crippen molar-refractivity contribution in [3.05, 3.63) is 66.5 Å². The average molecular weight is 417 g/mol. The third-order valence-electron chi connectivity index (χ3n) is 4.13. The number of rotatable bonds is 8. The molecule has 3 aromatic rings. The van der Waals surface area contributed by atoms with Gasteiger partial charge in [-0.25, -0.2) is 4.98 Å². The van der Waals surface area contributed by atoms with E-state index in [1.54, 1.807) is 18.3 Å². The fourth-order valence-electron chi connectivity index (χ4n) is 2.86. The lowest BCUT2D eigenvalue weighted by molar-refractivity contribution is -0.113. The van der Waals surface area contributed by atoms with Gasteiger partial charge in [0.25, 0.3) is 0 Å². The van der Waals surface area contributed by atoms with Crippen molar-refractivity contribution in [1.82, 2.24) is 9.55 Å². The molecule has 0 aliphatic heterocycles. The second kappa shape index (κ2) is 9.56. The lowest BCUT2D eigenvalue weighted by Gasteiger charge is -2.15. The first-order valence-corrected chi connectivity index (χ1v) is 10.0. The zero-order valence-corrected chi connectivity index (χ0v) is 16.8. The molecule has 0 bridgehead atoms. The zero-order chi connectivity index (χ0) is 20.8. The molecule has 1 aromatic heterocycles. The fourth-order valence-corrected chi connectivity index (χ4v) is 3.63. The Hall–Kier alpha value is -2.87. The second-order valence-corrected chi connectivity index (χ2v) is 7.45. The van der Waals surface area contributed by atoms with Gasteiger partial charge in [0.2, 0.25) is 5.91 Å². The average Bonchev–Trinajstić information content (AvgIpc) is 3.16. The maximum atomic E-state index is 12.5. The first-order chi connectivity index (χ1) is 14.0. The minimum atomic E-state index is -2.96. The normalized spacial score (nSPS) is 11.1. The van der Waals surface area contributed by atoms with Crippen molar-refractivity contribution in [2.75, 3.05) is 11.1 Å². The van der Waals surface area contributed by atoms with E-state index in [9.17, 15) is 13.6 Å². The Kier molecular flexibility index (Phi) is 6.87. The predicted molar refractivity (Wildman–Crippen MR) is 110 cm³/mol. The quantitative estimate of drug-likeness (QED) is 0.504. The Balaban J connectivity index is 1.70. The van der Waals surface area contributed by atoms with Crippen LogP contribution in [-0.2, 0) is 4.79 Å². The molecule has 0 aliphatic carbocycles. The summed E-state index contributed by atoms with van der Waals surface area (Å²) in [6.07, 6.45) is 3.54. The molecule has 5 nitrogen and oxygen atoms in total. The first-order valence-electron chi connectivity index (χ1n) is 9.05. The Bertz CT molecular complexity index is 976. The molecule has 0 saturated heterocycles. The van der Waals surface area contributed by atoms with Crippen LogP contribution in [0.4, 0.5) is 14.5 Å². The highest BCUT2D eigenvalue weighted by atomic mass is 32.2. The number of nitrogens with zero attached hydrogens (tertiary/aromatic N) is 2. The molecule has 0 unspecified atom stereocenters. The summed E-state index contributed by atoms with van der Waals surface area (Å²) >= 11 is 1.27. The van der Waals surface area contributed by atoms with E-state index in [4.69, 9.17) is 0 Å². The number of anilines is 1. The third kappa shape index (κ3) is 5.35. The largest absolute Gasteiger partial charge is 0.433 e. The van der Waals surface area contributed by atoms with E-state index in [0.29, 0.717) is 11.1 Å². The minimum absolute atomic E-state index is 0.0733. The molecule has 3 rings (SSSR count). The van der Waals surface area contributed by atoms with E-state index in [-0.39, 0.29) is 23.1 Å². The van der Waals surface area contributed by atoms with Crippen LogP contribution in [0.15, 0.2) is 66.1 Å². The van der Waals surface area contributed by atoms with Gasteiger partial charge in [0.05, 0.1) is 17.1 Å². The highest BCUT2D eigenvalue weighted by Gasteiger charge is 2.15. The zero-order valence-electron chi connectivity index (χ0n) is 16.0. The van der Waals surface area contributed by atoms with Gasteiger partial charge in [0.1, 0.15) is 5.75 Å². The van der Waals surface area contributed by atoms with Gasteiger partial charge in [-0.2, -0.15) is 8.78 Å². The Morgan fingerprint density at radius 1 is 1.17 bits per heavy atom. The highest BCUT2D eigenvalue weighted by molar-refractivity contribution is 7.99. The molecule has 2 aromatic carbocycles. The molecule has 0 radical (unpaired) electrons. The van der Waals surface area contributed by atoms with E-state index in [1.165, 1.54) is 29.5 Å². The van der Waals surface area contributed by atoms with Gasteiger partial charge in [0, 0.05) is 12.4 Å². The fraction of sp³-hybridized carbons (Fsp3) is 0.238. The lowest BCUT2D eigenvalue weighted by Crippen LogP contribution is -2.16. The number of thioether (sulfide) groups is 1. The molecular weight excluding hydrogens is 396 g/mol. The van der Waals surface area contributed by atoms with Crippen LogP contribution < -0.4 is 10.1 Å². The molecule has 1 amide bonds. The summed E-state index contributed by atoms with van der Waals surface area (Å²) < 4.78 is 31.4. The molecular formula is C21H21F2N3O2S. The molecule has 0 aliphatic rings. The molecule has 8 heteroatoms. The monoisotopic (exact) mass is 417 g/mol. The molecule has 1 N–H and O–H groups in total. The standard InChI is InChI=1S/C21H21F2N3O2S/c1-14(2)15-7-3-5-9-17(15)26-12-11-24-21(26)29-13-19(27)25-16-8-4-6-10-18(16)28-20(22)23/h3-12,14,20H,13H2,1-2H3,(H,25,27). The number of benzene rings is 2. The SMILES string of the molecule is CC(C)c1ccccc1-n1ccnc1SCC(=O)Nc1ccccc1OC(F)F. The molecule has 0 atom stereocenters.